The number of hydrogen-bond donors (Lipinski definition) is 1. The number of rotatable bonds is 2. The van der Waals surface area contributed by atoms with Gasteiger partial charge in [-0.1, -0.05) is 11.6 Å². The highest BCUT2D eigenvalue weighted by atomic mass is 35.5. The molecule has 0 spiro atoms. The highest BCUT2D eigenvalue weighted by Gasteiger charge is 2.06. The van der Waals surface area contributed by atoms with E-state index in [0.717, 1.165) is 11.5 Å². The standard InChI is InChI=1S/C5H6ClNO2S/c1-2-9-5-3(6)4(8)7-10-5/h2H2,1H3,(H,7,8). The molecule has 0 radical (unpaired) electrons. The second-order valence-corrected chi connectivity index (χ2v) is 2.72. The maximum Gasteiger partial charge on any atom is 0.280 e. The molecule has 1 aromatic heterocycles. The summed E-state index contributed by atoms with van der Waals surface area (Å²) in [4.78, 5) is 10.7. The number of aromatic amines is 1. The van der Waals surface area contributed by atoms with Crippen LogP contribution in [0.2, 0.25) is 5.02 Å². The third kappa shape index (κ3) is 1.33. The van der Waals surface area contributed by atoms with Gasteiger partial charge < -0.3 is 4.74 Å². The van der Waals surface area contributed by atoms with Gasteiger partial charge in [0.2, 0.25) is 5.06 Å². The van der Waals surface area contributed by atoms with Crippen molar-refractivity contribution in [2.45, 2.75) is 6.92 Å². The van der Waals surface area contributed by atoms with Gasteiger partial charge in [-0.05, 0) is 18.5 Å². The molecule has 0 saturated heterocycles. The normalized spacial score (nSPS) is 9.80. The number of hydrogen-bond acceptors (Lipinski definition) is 3. The molecule has 0 amide bonds. The van der Waals surface area contributed by atoms with Crippen molar-refractivity contribution in [2.24, 2.45) is 0 Å². The molecule has 0 atom stereocenters. The van der Waals surface area contributed by atoms with E-state index in [9.17, 15) is 4.79 Å². The molecule has 0 saturated carbocycles. The average molecular weight is 180 g/mol. The van der Waals surface area contributed by atoms with Gasteiger partial charge >= 0.3 is 0 Å². The highest BCUT2D eigenvalue weighted by Crippen LogP contribution is 2.23. The highest BCUT2D eigenvalue weighted by molar-refractivity contribution is 7.08. The van der Waals surface area contributed by atoms with Gasteiger partial charge in [0.1, 0.15) is 0 Å². The summed E-state index contributed by atoms with van der Waals surface area (Å²) in [6, 6.07) is 0. The molecular weight excluding hydrogens is 174 g/mol. The zero-order chi connectivity index (χ0) is 7.56. The Balaban J connectivity index is 2.94. The predicted molar refractivity (Wildman–Crippen MR) is 41.1 cm³/mol. The van der Waals surface area contributed by atoms with E-state index in [1.807, 2.05) is 6.92 Å². The van der Waals surface area contributed by atoms with Gasteiger partial charge in [0.25, 0.3) is 5.56 Å². The molecule has 0 fully saturated rings. The summed E-state index contributed by atoms with van der Waals surface area (Å²) in [5, 5.41) is 0.612. The molecule has 0 aromatic carbocycles. The summed E-state index contributed by atoms with van der Waals surface area (Å²) in [5.41, 5.74) is -0.282. The van der Waals surface area contributed by atoms with E-state index in [1.165, 1.54) is 0 Å². The molecule has 1 heterocycles. The lowest BCUT2D eigenvalue weighted by Crippen LogP contribution is -1.97. The Labute approximate surface area is 66.7 Å². The molecule has 0 bridgehead atoms. The van der Waals surface area contributed by atoms with E-state index in [-0.39, 0.29) is 10.6 Å². The number of H-pyrrole nitrogens is 1. The molecule has 0 aliphatic carbocycles. The van der Waals surface area contributed by atoms with Crippen LogP contribution in [-0.4, -0.2) is 11.0 Å². The molecule has 0 aliphatic rings. The predicted octanol–water partition coefficient (Wildman–Crippen LogP) is 1.49. The van der Waals surface area contributed by atoms with Crippen molar-refractivity contribution >= 4 is 23.1 Å². The summed E-state index contributed by atoms with van der Waals surface area (Å²) >= 11 is 6.64. The second kappa shape index (κ2) is 3.07. The van der Waals surface area contributed by atoms with E-state index in [2.05, 4.69) is 4.37 Å². The first-order valence-corrected chi connectivity index (χ1v) is 3.95. The Morgan fingerprint density at radius 1 is 1.80 bits per heavy atom. The van der Waals surface area contributed by atoms with Crippen LogP contribution in [0.5, 0.6) is 5.06 Å². The van der Waals surface area contributed by atoms with Crippen LogP contribution in [0.15, 0.2) is 4.79 Å². The Morgan fingerprint density at radius 3 is 2.90 bits per heavy atom. The van der Waals surface area contributed by atoms with Crippen molar-refractivity contribution in [1.82, 2.24) is 4.37 Å². The fourth-order valence-corrected chi connectivity index (χ4v) is 1.42. The molecular formula is C5H6ClNO2S. The molecule has 0 unspecified atom stereocenters. The third-order valence-corrected chi connectivity index (χ3v) is 2.14. The number of aromatic nitrogens is 1. The monoisotopic (exact) mass is 179 g/mol. The second-order valence-electron chi connectivity index (χ2n) is 1.57. The Kier molecular flexibility index (Phi) is 2.34. The topological polar surface area (TPSA) is 42.1 Å². The van der Waals surface area contributed by atoms with Crippen LogP contribution < -0.4 is 10.3 Å². The molecule has 1 aromatic rings. The van der Waals surface area contributed by atoms with Crippen molar-refractivity contribution in [2.75, 3.05) is 6.61 Å². The number of halogens is 1. The van der Waals surface area contributed by atoms with Crippen LogP contribution in [0.3, 0.4) is 0 Å². The Morgan fingerprint density at radius 2 is 2.50 bits per heavy atom. The Bertz CT molecular complexity index is 267. The van der Waals surface area contributed by atoms with Crippen molar-refractivity contribution in [3.05, 3.63) is 15.4 Å². The first-order chi connectivity index (χ1) is 4.75. The minimum Gasteiger partial charge on any atom is -0.482 e. The Hall–Kier alpha value is -0.480. The SMILES string of the molecule is CCOc1s[nH]c(=O)c1Cl. The van der Waals surface area contributed by atoms with Gasteiger partial charge in [0.05, 0.1) is 6.61 Å². The van der Waals surface area contributed by atoms with Crippen LogP contribution in [0.1, 0.15) is 6.92 Å². The van der Waals surface area contributed by atoms with Gasteiger partial charge in [-0.25, -0.2) is 0 Å². The van der Waals surface area contributed by atoms with Gasteiger partial charge in [0.15, 0.2) is 5.02 Å². The maximum absolute atomic E-state index is 10.7. The zero-order valence-electron chi connectivity index (χ0n) is 5.31. The van der Waals surface area contributed by atoms with Crippen molar-refractivity contribution in [1.29, 1.82) is 0 Å². The maximum atomic E-state index is 10.7. The largest absolute Gasteiger partial charge is 0.482 e. The average Bonchev–Trinajstić information content (AvgIpc) is 2.20. The van der Waals surface area contributed by atoms with Crippen molar-refractivity contribution < 1.29 is 4.74 Å². The molecule has 1 rings (SSSR count). The first-order valence-electron chi connectivity index (χ1n) is 2.75. The summed E-state index contributed by atoms with van der Waals surface area (Å²) < 4.78 is 7.46. The quantitative estimate of drug-likeness (QED) is 0.748. The lowest BCUT2D eigenvalue weighted by molar-refractivity contribution is 0.350. The molecule has 10 heavy (non-hydrogen) atoms. The van der Waals surface area contributed by atoms with E-state index >= 15 is 0 Å². The summed E-state index contributed by atoms with van der Waals surface area (Å²) in [7, 11) is 0. The number of ether oxygens (including phenoxy) is 1. The van der Waals surface area contributed by atoms with Gasteiger partial charge in [-0.15, -0.1) is 0 Å². The first kappa shape index (κ1) is 7.63. The molecule has 3 nitrogen and oxygen atoms in total. The van der Waals surface area contributed by atoms with Crippen LogP contribution in [0.4, 0.5) is 0 Å². The van der Waals surface area contributed by atoms with Crippen molar-refractivity contribution in [3.63, 3.8) is 0 Å². The summed E-state index contributed by atoms with van der Waals surface area (Å²) in [6.45, 7) is 2.36. The fraction of sp³-hybridized carbons (Fsp3) is 0.400. The molecule has 1 N–H and O–H groups in total. The lowest BCUT2D eigenvalue weighted by atomic mass is 10.7. The molecule has 0 aliphatic heterocycles. The third-order valence-electron chi connectivity index (χ3n) is 0.890. The number of nitrogens with one attached hydrogen (secondary N) is 1. The van der Waals surface area contributed by atoms with Gasteiger partial charge in [-0.2, -0.15) is 0 Å². The van der Waals surface area contributed by atoms with E-state index in [0.29, 0.717) is 11.7 Å². The van der Waals surface area contributed by atoms with Crippen LogP contribution >= 0.6 is 23.1 Å². The summed E-state index contributed by atoms with van der Waals surface area (Å²) in [6.07, 6.45) is 0. The molecule has 56 valence electrons. The van der Waals surface area contributed by atoms with Crippen LogP contribution in [-0.2, 0) is 0 Å². The smallest absolute Gasteiger partial charge is 0.280 e. The minimum absolute atomic E-state index is 0.145. The minimum atomic E-state index is -0.282. The van der Waals surface area contributed by atoms with Gasteiger partial charge in [-0.3, -0.25) is 9.17 Å². The van der Waals surface area contributed by atoms with E-state index in [4.69, 9.17) is 16.3 Å². The zero-order valence-corrected chi connectivity index (χ0v) is 6.88. The van der Waals surface area contributed by atoms with Crippen molar-refractivity contribution in [3.8, 4) is 5.06 Å². The van der Waals surface area contributed by atoms with Crippen LogP contribution in [0, 0.1) is 0 Å². The molecule has 5 heteroatoms. The summed E-state index contributed by atoms with van der Waals surface area (Å²) in [5.74, 6) is 0. The fourth-order valence-electron chi connectivity index (χ4n) is 0.499. The van der Waals surface area contributed by atoms with E-state index < -0.39 is 0 Å². The van der Waals surface area contributed by atoms with Gasteiger partial charge in [0, 0.05) is 0 Å². The van der Waals surface area contributed by atoms with Crippen LogP contribution in [0.25, 0.3) is 0 Å². The lowest BCUT2D eigenvalue weighted by Gasteiger charge is -1.94. The van der Waals surface area contributed by atoms with E-state index in [1.54, 1.807) is 0 Å².